The molecule has 1 aliphatic heterocycles. The molecule has 0 spiro atoms. The molecule has 6 nitrogen and oxygen atoms in total. The number of aliphatic hydroxyl groups excluding tert-OH is 4. The van der Waals surface area contributed by atoms with Crippen LogP contribution in [0.5, 0.6) is 5.75 Å². The van der Waals surface area contributed by atoms with Gasteiger partial charge in [-0.05, 0) is 35.4 Å². The van der Waals surface area contributed by atoms with Crippen molar-refractivity contribution < 1.29 is 29.9 Å². The van der Waals surface area contributed by atoms with E-state index in [0.717, 1.165) is 5.56 Å². The van der Waals surface area contributed by atoms with Crippen molar-refractivity contribution in [2.45, 2.75) is 37.1 Å². The van der Waals surface area contributed by atoms with Crippen LogP contribution in [0.4, 0.5) is 0 Å². The first-order valence-corrected chi connectivity index (χ1v) is 9.13. The standard InChI is InChI=1S/C19H20Cl2O6/c20-12-5-13(21)7-14(6-12)26-9-10-2-1-3-11(4-10)19-18(25)17(24)16(23)15(8-22)27-19/h1-7,15-19,22-25H,8-9H2. The first kappa shape index (κ1) is 20.4. The van der Waals surface area contributed by atoms with Gasteiger partial charge >= 0.3 is 0 Å². The van der Waals surface area contributed by atoms with Crippen molar-refractivity contribution in [3.8, 4) is 5.75 Å². The van der Waals surface area contributed by atoms with Crippen LogP contribution in [-0.2, 0) is 11.3 Å². The molecule has 0 saturated carbocycles. The van der Waals surface area contributed by atoms with Gasteiger partial charge in [0.15, 0.2) is 0 Å². The summed E-state index contributed by atoms with van der Waals surface area (Å²) in [4.78, 5) is 0. The third-order valence-corrected chi connectivity index (χ3v) is 4.85. The Morgan fingerprint density at radius 3 is 2.30 bits per heavy atom. The molecule has 1 heterocycles. The lowest BCUT2D eigenvalue weighted by atomic mass is 9.91. The summed E-state index contributed by atoms with van der Waals surface area (Å²) in [6, 6.07) is 12.0. The van der Waals surface area contributed by atoms with Crippen LogP contribution in [-0.4, -0.2) is 51.4 Å². The van der Waals surface area contributed by atoms with Gasteiger partial charge in [0.2, 0.25) is 0 Å². The molecule has 146 valence electrons. The predicted molar refractivity (Wildman–Crippen MR) is 100.0 cm³/mol. The van der Waals surface area contributed by atoms with E-state index >= 15 is 0 Å². The summed E-state index contributed by atoms with van der Waals surface area (Å²) in [7, 11) is 0. The zero-order valence-corrected chi connectivity index (χ0v) is 15.7. The topological polar surface area (TPSA) is 99.4 Å². The fraction of sp³-hybridized carbons (Fsp3) is 0.368. The van der Waals surface area contributed by atoms with Crippen LogP contribution >= 0.6 is 23.2 Å². The number of rotatable bonds is 5. The lowest BCUT2D eigenvalue weighted by molar-refractivity contribution is -0.231. The van der Waals surface area contributed by atoms with E-state index in [-0.39, 0.29) is 6.61 Å². The van der Waals surface area contributed by atoms with E-state index in [2.05, 4.69) is 0 Å². The largest absolute Gasteiger partial charge is 0.489 e. The van der Waals surface area contributed by atoms with Crippen molar-refractivity contribution in [2.75, 3.05) is 6.61 Å². The molecule has 27 heavy (non-hydrogen) atoms. The van der Waals surface area contributed by atoms with Gasteiger partial charge in [-0.3, -0.25) is 0 Å². The van der Waals surface area contributed by atoms with E-state index in [4.69, 9.17) is 32.7 Å². The van der Waals surface area contributed by atoms with Crippen molar-refractivity contribution in [2.24, 2.45) is 0 Å². The van der Waals surface area contributed by atoms with E-state index in [9.17, 15) is 20.4 Å². The molecular formula is C19H20Cl2O6. The molecule has 3 rings (SSSR count). The number of aliphatic hydroxyl groups is 4. The maximum atomic E-state index is 10.3. The van der Waals surface area contributed by atoms with E-state index < -0.39 is 37.1 Å². The fourth-order valence-corrected chi connectivity index (χ4v) is 3.52. The highest BCUT2D eigenvalue weighted by molar-refractivity contribution is 6.34. The molecule has 0 bridgehead atoms. The monoisotopic (exact) mass is 414 g/mol. The molecule has 2 aromatic carbocycles. The first-order chi connectivity index (χ1) is 12.9. The molecule has 1 fully saturated rings. The normalized spacial score (nSPS) is 28.1. The molecule has 1 aliphatic rings. The summed E-state index contributed by atoms with van der Waals surface area (Å²) in [6.07, 6.45) is -5.98. The van der Waals surface area contributed by atoms with Crippen LogP contribution in [0, 0.1) is 0 Å². The molecule has 5 atom stereocenters. The van der Waals surface area contributed by atoms with Crippen molar-refractivity contribution in [3.05, 3.63) is 63.6 Å². The number of ether oxygens (including phenoxy) is 2. The highest BCUT2D eigenvalue weighted by Gasteiger charge is 2.43. The average molecular weight is 415 g/mol. The van der Waals surface area contributed by atoms with E-state index in [1.807, 2.05) is 6.07 Å². The maximum Gasteiger partial charge on any atom is 0.122 e. The summed E-state index contributed by atoms with van der Waals surface area (Å²) in [5.74, 6) is 0.519. The molecule has 4 N–H and O–H groups in total. The molecule has 0 aliphatic carbocycles. The summed E-state index contributed by atoms with van der Waals surface area (Å²) in [5, 5.41) is 40.4. The Bertz CT molecular complexity index is 764. The van der Waals surface area contributed by atoms with E-state index in [1.165, 1.54) is 0 Å². The van der Waals surface area contributed by atoms with Crippen LogP contribution in [0.15, 0.2) is 42.5 Å². The van der Waals surface area contributed by atoms with E-state index in [0.29, 0.717) is 21.4 Å². The Morgan fingerprint density at radius 1 is 0.926 bits per heavy atom. The number of halogens is 2. The molecule has 5 unspecified atom stereocenters. The Labute approximate surface area is 166 Å². The van der Waals surface area contributed by atoms with Gasteiger partial charge in [0, 0.05) is 10.0 Å². The Hall–Kier alpha value is -1.38. The minimum absolute atomic E-state index is 0.224. The van der Waals surface area contributed by atoms with Crippen molar-refractivity contribution >= 4 is 23.2 Å². The fourth-order valence-electron chi connectivity index (χ4n) is 3.02. The molecule has 0 amide bonds. The smallest absolute Gasteiger partial charge is 0.122 e. The summed E-state index contributed by atoms with van der Waals surface area (Å²) < 4.78 is 11.3. The van der Waals surface area contributed by atoms with Gasteiger partial charge in [-0.25, -0.2) is 0 Å². The van der Waals surface area contributed by atoms with Crippen molar-refractivity contribution in [1.82, 2.24) is 0 Å². The van der Waals surface area contributed by atoms with Gasteiger partial charge in [-0.1, -0.05) is 41.4 Å². The van der Waals surface area contributed by atoms with Gasteiger partial charge in [-0.2, -0.15) is 0 Å². The van der Waals surface area contributed by atoms with Gasteiger partial charge < -0.3 is 29.9 Å². The summed E-state index contributed by atoms with van der Waals surface area (Å²) >= 11 is 11.9. The van der Waals surface area contributed by atoms with Gasteiger partial charge in [-0.15, -0.1) is 0 Å². The third kappa shape index (κ3) is 4.73. The Kier molecular flexibility index (Phi) is 6.60. The van der Waals surface area contributed by atoms with Crippen LogP contribution in [0.3, 0.4) is 0 Å². The summed E-state index contributed by atoms with van der Waals surface area (Å²) in [5.41, 5.74) is 1.39. The second kappa shape index (κ2) is 8.75. The van der Waals surface area contributed by atoms with Crippen molar-refractivity contribution in [1.29, 1.82) is 0 Å². The maximum absolute atomic E-state index is 10.3. The molecule has 2 aromatic rings. The quantitative estimate of drug-likeness (QED) is 0.597. The average Bonchev–Trinajstić information content (AvgIpc) is 2.64. The van der Waals surface area contributed by atoms with Crippen LogP contribution in [0.2, 0.25) is 10.0 Å². The third-order valence-electron chi connectivity index (χ3n) is 4.41. The van der Waals surface area contributed by atoms with Crippen LogP contribution < -0.4 is 4.74 Å². The Morgan fingerprint density at radius 2 is 1.63 bits per heavy atom. The Balaban J connectivity index is 1.74. The molecule has 0 aromatic heterocycles. The van der Waals surface area contributed by atoms with Gasteiger partial charge in [0.1, 0.15) is 42.9 Å². The SMILES string of the molecule is OCC1OC(c2cccc(COc3cc(Cl)cc(Cl)c3)c2)C(O)C(O)C1O. The van der Waals surface area contributed by atoms with Crippen molar-refractivity contribution in [3.63, 3.8) is 0 Å². The minimum atomic E-state index is -1.42. The van der Waals surface area contributed by atoms with Gasteiger partial charge in [0.25, 0.3) is 0 Å². The molecule has 8 heteroatoms. The van der Waals surface area contributed by atoms with Crippen LogP contribution in [0.1, 0.15) is 17.2 Å². The molecule has 0 radical (unpaired) electrons. The number of benzene rings is 2. The first-order valence-electron chi connectivity index (χ1n) is 8.37. The lowest BCUT2D eigenvalue weighted by Crippen LogP contribution is -2.55. The minimum Gasteiger partial charge on any atom is -0.489 e. The van der Waals surface area contributed by atoms with Gasteiger partial charge in [0.05, 0.1) is 6.61 Å². The summed E-state index contributed by atoms with van der Waals surface area (Å²) in [6.45, 7) is -0.248. The highest BCUT2D eigenvalue weighted by Crippen LogP contribution is 2.33. The second-order valence-corrected chi connectivity index (χ2v) is 7.26. The second-order valence-electron chi connectivity index (χ2n) is 6.39. The predicted octanol–water partition coefficient (Wildman–Crippen LogP) is 2.09. The zero-order chi connectivity index (χ0) is 19.6. The molecular weight excluding hydrogens is 395 g/mol. The molecule has 1 saturated heterocycles. The van der Waals surface area contributed by atoms with E-state index in [1.54, 1.807) is 36.4 Å². The zero-order valence-electron chi connectivity index (χ0n) is 14.2. The highest BCUT2D eigenvalue weighted by atomic mass is 35.5. The number of hydrogen-bond donors (Lipinski definition) is 4. The number of hydrogen-bond acceptors (Lipinski definition) is 6. The van der Waals surface area contributed by atoms with Crippen LogP contribution in [0.25, 0.3) is 0 Å². The lowest BCUT2D eigenvalue weighted by Gasteiger charge is -2.40.